The summed E-state index contributed by atoms with van der Waals surface area (Å²) in [5.74, 6) is 0.732. The van der Waals surface area contributed by atoms with E-state index in [0.29, 0.717) is 0 Å². The molecule has 0 bridgehead atoms. The summed E-state index contributed by atoms with van der Waals surface area (Å²) in [5, 5.41) is 0. The van der Waals surface area contributed by atoms with Gasteiger partial charge in [0.2, 0.25) is 0 Å². The first-order valence-corrected chi connectivity index (χ1v) is 12.5. The van der Waals surface area contributed by atoms with Crippen LogP contribution >= 0.6 is 0 Å². The molecule has 176 valence electrons. The van der Waals surface area contributed by atoms with Crippen molar-refractivity contribution in [2.24, 2.45) is 0 Å². The fourth-order valence-electron chi connectivity index (χ4n) is 4.70. The highest BCUT2D eigenvalue weighted by molar-refractivity contribution is 5.78. The van der Waals surface area contributed by atoms with Crippen molar-refractivity contribution in [1.29, 1.82) is 0 Å². The highest BCUT2D eigenvalue weighted by atomic mass is 14.9. The molecule has 0 aliphatic carbocycles. The topological polar surface area (TPSA) is 25.8 Å². The van der Waals surface area contributed by atoms with Crippen LogP contribution in [-0.2, 0) is 0 Å². The lowest BCUT2D eigenvalue weighted by atomic mass is 9.97. The molecule has 1 aromatic heterocycles. The first-order chi connectivity index (χ1) is 18.3. The van der Waals surface area contributed by atoms with Crippen molar-refractivity contribution in [3.05, 3.63) is 145 Å². The molecule has 0 N–H and O–H groups in total. The molecule has 37 heavy (non-hydrogen) atoms. The van der Waals surface area contributed by atoms with E-state index in [0.717, 1.165) is 39.5 Å². The van der Waals surface area contributed by atoms with Gasteiger partial charge >= 0.3 is 0 Å². The average Bonchev–Trinajstić information content (AvgIpc) is 2.99. The summed E-state index contributed by atoms with van der Waals surface area (Å²) in [5.41, 5.74) is 10.9. The van der Waals surface area contributed by atoms with Crippen molar-refractivity contribution < 1.29 is 0 Å². The van der Waals surface area contributed by atoms with E-state index in [1.54, 1.807) is 0 Å². The Kier molecular flexibility index (Phi) is 6.14. The van der Waals surface area contributed by atoms with E-state index in [9.17, 15) is 0 Å². The molecule has 0 radical (unpaired) electrons. The van der Waals surface area contributed by atoms with E-state index in [2.05, 4.69) is 116 Å². The summed E-state index contributed by atoms with van der Waals surface area (Å²) >= 11 is 0. The number of nitrogens with zero attached hydrogens (tertiary/aromatic N) is 2. The molecule has 6 aromatic rings. The third-order valence-electron chi connectivity index (χ3n) is 6.71. The van der Waals surface area contributed by atoms with Crippen LogP contribution in [0.15, 0.2) is 140 Å². The minimum atomic E-state index is 0.732. The number of hydrogen-bond donors (Lipinski definition) is 0. The summed E-state index contributed by atoms with van der Waals surface area (Å²) < 4.78 is 0. The molecular weight excluding hydrogens is 448 g/mol. The van der Waals surface area contributed by atoms with Crippen LogP contribution in [0.3, 0.4) is 0 Å². The van der Waals surface area contributed by atoms with Crippen LogP contribution in [0.25, 0.3) is 56.2 Å². The fourth-order valence-corrected chi connectivity index (χ4v) is 4.70. The van der Waals surface area contributed by atoms with Crippen LogP contribution in [0.4, 0.5) is 0 Å². The van der Waals surface area contributed by atoms with Crippen LogP contribution in [0, 0.1) is 6.92 Å². The Labute approximate surface area is 218 Å². The Balaban J connectivity index is 1.45. The summed E-state index contributed by atoms with van der Waals surface area (Å²) in [4.78, 5) is 10.1. The van der Waals surface area contributed by atoms with E-state index in [-0.39, 0.29) is 0 Å². The maximum absolute atomic E-state index is 5.06. The lowest BCUT2D eigenvalue weighted by Gasteiger charge is -2.14. The van der Waals surface area contributed by atoms with Crippen molar-refractivity contribution in [3.8, 4) is 56.2 Å². The van der Waals surface area contributed by atoms with E-state index < -0.39 is 0 Å². The van der Waals surface area contributed by atoms with E-state index in [1.807, 2.05) is 30.3 Å². The number of benzene rings is 5. The Morgan fingerprint density at radius 1 is 0.324 bits per heavy atom. The van der Waals surface area contributed by atoms with Gasteiger partial charge in [-0.2, -0.15) is 0 Å². The Hall–Kier alpha value is -4.82. The van der Waals surface area contributed by atoms with Crippen LogP contribution < -0.4 is 0 Å². The quantitative estimate of drug-likeness (QED) is 0.249. The van der Waals surface area contributed by atoms with E-state index in [1.165, 1.54) is 22.3 Å². The van der Waals surface area contributed by atoms with Crippen molar-refractivity contribution in [1.82, 2.24) is 9.97 Å². The molecule has 0 saturated heterocycles. The number of rotatable bonds is 5. The highest BCUT2D eigenvalue weighted by Crippen LogP contribution is 2.34. The molecule has 6 rings (SSSR count). The molecule has 2 nitrogen and oxygen atoms in total. The molecule has 0 amide bonds. The molecule has 0 aliphatic heterocycles. The first kappa shape index (κ1) is 22.6. The Bertz CT molecular complexity index is 1520. The minimum absolute atomic E-state index is 0.732. The molecule has 2 heteroatoms. The molecule has 0 saturated carbocycles. The van der Waals surface area contributed by atoms with Gasteiger partial charge in [-0.3, -0.25) is 0 Å². The second-order valence-corrected chi connectivity index (χ2v) is 9.12. The molecule has 0 spiro atoms. The molecule has 0 fully saturated rings. The van der Waals surface area contributed by atoms with E-state index >= 15 is 0 Å². The third kappa shape index (κ3) is 4.70. The van der Waals surface area contributed by atoms with Gasteiger partial charge in [0, 0.05) is 22.3 Å². The minimum Gasteiger partial charge on any atom is -0.228 e. The second-order valence-electron chi connectivity index (χ2n) is 9.12. The summed E-state index contributed by atoms with van der Waals surface area (Å²) in [6, 6.07) is 48.4. The standard InChI is InChI=1S/C35H26N2/c1-25-33(30-21-17-28(18-22-30)26-11-5-2-6-12-26)36-35(32-15-9-4-10-16-32)37-34(25)31-23-19-29(20-24-31)27-13-7-3-8-14-27/h2-24H,1H3. The van der Waals surface area contributed by atoms with Crippen LogP contribution in [-0.4, -0.2) is 9.97 Å². The predicted molar refractivity (Wildman–Crippen MR) is 154 cm³/mol. The lowest BCUT2D eigenvalue weighted by Crippen LogP contribution is -2.00. The second kappa shape index (κ2) is 10.0. The van der Waals surface area contributed by atoms with Gasteiger partial charge in [-0.05, 0) is 29.2 Å². The maximum atomic E-state index is 5.06. The largest absolute Gasteiger partial charge is 0.228 e. The first-order valence-electron chi connectivity index (χ1n) is 12.5. The van der Waals surface area contributed by atoms with Gasteiger partial charge in [0.1, 0.15) is 0 Å². The lowest BCUT2D eigenvalue weighted by molar-refractivity contribution is 1.15. The van der Waals surface area contributed by atoms with Crippen LogP contribution in [0.1, 0.15) is 5.56 Å². The van der Waals surface area contributed by atoms with Gasteiger partial charge in [0.15, 0.2) is 5.82 Å². The highest BCUT2D eigenvalue weighted by Gasteiger charge is 2.16. The zero-order chi connectivity index (χ0) is 25.0. The molecule has 0 unspecified atom stereocenters. The van der Waals surface area contributed by atoms with Crippen LogP contribution in [0.5, 0.6) is 0 Å². The molecule has 5 aromatic carbocycles. The number of hydrogen-bond acceptors (Lipinski definition) is 2. The van der Waals surface area contributed by atoms with Gasteiger partial charge in [0.25, 0.3) is 0 Å². The average molecular weight is 475 g/mol. The van der Waals surface area contributed by atoms with Crippen LogP contribution in [0.2, 0.25) is 0 Å². The fraction of sp³-hybridized carbons (Fsp3) is 0.0286. The van der Waals surface area contributed by atoms with Gasteiger partial charge < -0.3 is 0 Å². The molecule has 0 aliphatic rings. The molecule has 0 atom stereocenters. The smallest absolute Gasteiger partial charge is 0.160 e. The third-order valence-corrected chi connectivity index (χ3v) is 6.71. The zero-order valence-corrected chi connectivity index (χ0v) is 20.7. The monoisotopic (exact) mass is 474 g/mol. The zero-order valence-electron chi connectivity index (χ0n) is 20.7. The summed E-state index contributed by atoms with van der Waals surface area (Å²) in [7, 11) is 0. The van der Waals surface area contributed by atoms with Crippen molar-refractivity contribution in [2.45, 2.75) is 6.92 Å². The van der Waals surface area contributed by atoms with E-state index in [4.69, 9.17) is 9.97 Å². The van der Waals surface area contributed by atoms with Gasteiger partial charge in [-0.25, -0.2) is 9.97 Å². The predicted octanol–water partition coefficient (Wildman–Crippen LogP) is 9.12. The van der Waals surface area contributed by atoms with Crippen molar-refractivity contribution >= 4 is 0 Å². The van der Waals surface area contributed by atoms with Crippen molar-refractivity contribution in [2.75, 3.05) is 0 Å². The summed E-state index contributed by atoms with van der Waals surface area (Å²) in [6.07, 6.45) is 0. The van der Waals surface area contributed by atoms with Gasteiger partial charge in [-0.1, -0.05) is 140 Å². The van der Waals surface area contributed by atoms with Crippen molar-refractivity contribution in [3.63, 3.8) is 0 Å². The van der Waals surface area contributed by atoms with Gasteiger partial charge in [0.05, 0.1) is 11.4 Å². The SMILES string of the molecule is Cc1c(-c2ccc(-c3ccccc3)cc2)nc(-c2ccccc2)nc1-c1ccc(-c2ccccc2)cc1. The summed E-state index contributed by atoms with van der Waals surface area (Å²) in [6.45, 7) is 2.12. The normalized spacial score (nSPS) is 10.8. The number of aromatic nitrogens is 2. The van der Waals surface area contributed by atoms with Gasteiger partial charge in [-0.15, -0.1) is 0 Å². The Morgan fingerprint density at radius 2 is 0.622 bits per heavy atom. The molecular formula is C35H26N2. The molecule has 1 heterocycles. The maximum Gasteiger partial charge on any atom is 0.160 e. The Morgan fingerprint density at radius 3 is 1.00 bits per heavy atom.